The second kappa shape index (κ2) is 8.98. The zero-order valence-electron chi connectivity index (χ0n) is 16.2. The number of carbonyl (C=O) groups is 2. The molecule has 0 spiro atoms. The quantitative estimate of drug-likeness (QED) is 0.334. The van der Waals surface area contributed by atoms with Gasteiger partial charge < -0.3 is 5.32 Å². The Balaban J connectivity index is 1.65. The topological polar surface area (TPSA) is 113 Å². The number of hydrogen-bond acceptors (Lipinski definition) is 8. The summed E-state index contributed by atoms with van der Waals surface area (Å²) in [6, 6.07) is 11.8. The van der Waals surface area contributed by atoms with Crippen molar-refractivity contribution in [3.63, 3.8) is 0 Å². The van der Waals surface area contributed by atoms with E-state index in [0.717, 1.165) is 16.0 Å². The van der Waals surface area contributed by atoms with E-state index in [9.17, 15) is 18.0 Å². The Morgan fingerprint density at radius 2 is 1.67 bits per heavy atom. The molecule has 0 aliphatic heterocycles. The van der Waals surface area contributed by atoms with Gasteiger partial charge in [-0.1, -0.05) is 6.07 Å². The zero-order valence-corrected chi connectivity index (χ0v) is 19.4. The molecule has 3 rings (SSSR count). The fourth-order valence-electron chi connectivity index (χ4n) is 2.70. The molecule has 0 aliphatic rings. The van der Waals surface area contributed by atoms with Crippen molar-refractivity contribution in [2.75, 3.05) is 12.8 Å². The van der Waals surface area contributed by atoms with Crippen molar-refractivity contribution in [3.8, 4) is 19.5 Å². The van der Waals surface area contributed by atoms with Crippen LogP contribution in [0.1, 0.15) is 23.0 Å². The molecule has 0 saturated carbocycles. The molecule has 3 aromatic heterocycles. The number of hydrogen-bond donors (Lipinski definition) is 3. The van der Waals surface area contributed by atoms with Crippen LogP contribution in [0.3, 0.4) is 0 Å². The van der Waals surface area contributed by atoms with Crippen LogP contribution in [0, 0.1) is 0 Å². The molecule has 0 fully saturated rings. The van der Waals surface area contributed by atoms with Crippen molar-refractivity contribution in [1.82, 2.24) is 10.8 Å². The summed E-state index contributed by atoms with van der Waals surface area (Å²) in [5.74, 6) is -1.38. The monoisotopic (exact) mass is 484 g/mol. The van der Waals surface area contributed by atoms with Crippen LogP contribution >= 0.6 is 34.0 Å². The van der Waals surface area contributed by atoms with E-state index >= 15 is 0 Å². The lowest BCUT2D eigenvalue weighted by atomic mass is 10.1. The minimum atomic E-state index is -3.81. The fraction of sp³-hybridized carbons (Fsp3) is 0.263. The van der Waals surface area contributed by atoms with E-state index in [4.69, 9.17) is 5.21 Å². The average Bonchev–Trinajstić information content (AvgIpc) is 3.46. The Bertz CT molecular complexity index is 1150. The lowest BCUT2D eigenvalue weighted by molar-refractivity contribution is -0.131. The van der Waals surface area contributed by atoms with E-state index in [1.54, 1.807) is 28.7 Å². The molecular formula is C19H20N2O5S4. The molecule has 3 heterocycles. The first kappa shape index (κ1) is 22.6. The fourth-order valence-corrected chi connectivity index (χ4v) is 6.41. The Morgan fingerprint density at radius 3 is 2.27 bits per heavy atom. The largest absolute Gasteiger partial charge is 0.351 e. The Kier molecular flexibility index (Phi) is 6.78. The van der Waals surface area contributed by atoms with Gasteiger partial charge in [-0.15, -0.1) is 34.0 Å². The van der Waals surface area contributed by atoms with E-state index in [1.165, 1.54) is 33.5 Å². The summed E-state index contributed by atoms with van der Waals surface area (Å²) < 4.78 is 22.1. The van der Waals surface area contributed by atoms with E-state index in [1.807, 2.05) is 23.6 Å². The van der Waals surface area contributed by atoms with Gasteiger partial charge in [-0.25, -0.2) is 13.9 Å². The van der Waals surface area contributed by atoms with Gasteiger partial charge in [-0.3, -0.25) is 14.8 Å². The number of hydroxylamine groups is 1. The molecule has 0 bridgehead atoms. The third kappa shape index (κ3) is 4.65. The molecule has 3 N–H and O–H groups in total. The van der Waals surface area contributed by atoms with Gasteiger partial charge in [0.2, 0.25) is 0 Å². The highest BCUT2D eigenvalue weighted by atomic mass is 32.2. The summed E-state index contributed by atoms with van der Waals surface area (Å²) in [7, 11) is -3.81. The van der Waals surface area contributed by atoms with E-state index < -0.39 is 20.5 Å². The molecule has 7 nitrogen and oxygen atoms in total. The number of amides is 2. The molecule has 11 heteroatoms. The highest BCUT2D eigenvalue weighted by molar-refractivity contribution is 7.92. The number of nitrogens with one attached hydrogen (secondary N) is 2. The number of rotatable bonds is 8. The summed E-state index contributed by atoms with van der Waals surface area (Å²) in [6.07, 6.45) is 0.748. The number of thiophene rings is 3. The van der Waals surface area contributed by atoms with Gasteiger partial charge in [0, 0.05) is 32.3 Å². The van der Waals surface area contributed by atoms with Crippen LogP contribution in [0.25, 0.3) is 19.5 Å². The van der Waals surface area contributed by atoms with Crippen molar-refractivity contribution in [2.24, 2.45) is 0 Å². The third-order valence-corrected chi connectivity index (χ3v) is 10.2. The average molecular weight is 485 g/mol. The predicted octanol–water partition coefficient (Wildman–Crippen LogP) is 3.63. The maximum absolute atomic E-state index is 12.5. The van der Waals surface area contributed by atoms with Crippen LogP contribution in [-0.2, 0) is 14.6 Å². The van der Waals surface area contributed by atoms with Crippen molar-refractivity contribution in [2.45, 2.75) is 18.1 Å². The summed E-state index contributed by atoms with van der Waals surface area (Å²) in [4.78, 5) is 29.2. The molecular weight excluding hydrogens is 464 g/mol. The number of sulfone groups is 1. The third-order valence-electron chi connectivity index (χ3n) is 4.73. The first-order valence-electron chi connectivity index (χ1n) is 8.82. The van der Waals surface area contributed by atoms with E-state index in [0.29, 0.717) is 4.88 Å². The van der Waals surface area contributed by atoms with Gasteiger partial charge in [0.25, 0.3) is 11.8 Å². The van der Waals surface area contributed by atoms with Gasteiger partial charge >= 0.3 is 0 Å². The minimum absolute atomic E-state index is 0.0371. The van der Waals surface area contributed by atoms with Gasteiger partial charge in [0.05, 0.1) is 4.88 Å². The summed E-state index contributed by atoms with van der Waals surface area (Å²) in [5, 5.41) is 13.5. The number of carbonyl (C=O) groups excluding carboxylic acids is 2. The Morgan fingerprint density at radius 1 is 1.03 bits per heavy atom. The van der Waals surface area contributed by atoms with Crippen LogP contribution in [0.2, 0.25) is 0 Å². The van der Waals surface area contributed by atoms with Gasteiger partial charge in [-0.2, -0.15) is 0 Å². The first-order chi connectivity index (χ1) is 14.2. The maximum atomic E-state index is 12.5. The molecule has 1 unspecified atom stereocenters. The molecule has 0 radical (unpaired) electrons. The maximum Gasteiger partial charge on any atom is 0.264 e. The predicted molar refractivity (Wildman–Crippen MR) is 121 cm³/mol. The highest BCUT2D eigenvalue weighted by Gasteiger charge is 2.43. The second-order valence-corrected chi connectivity index (χ2v) is 12.3. The van der Waals surface area contributed by atoms with Crippen molar-refractivity contribution in [1.29, 1.82) is 0 Å². The van der Waals surface area contributed by atoms with Crippen LogP contribution in [0.5, 0.6) is 0 Å². The molecule has 0 aromatic carbocycles. The molecule has 2 amide bonds. The standard InChI is InChI=1S/C19H20N2O5S4/c1-19(18(23)21-24,30(2,25)26)9-10-20-17(22)16-8-7-15(29-16)14-6-5-13(28-14)12-4-3-11-27-12/h3-8,11,24H,9-10H2,1-2H3,(H,20,22)(H,21,23). The van der Waals surface area contributed by atoms with Crippen LogP contribution in [0.4, 0.5) is 0 Å². The molecule has 3 aromatic rings. The smallest absolute Gasteiger partial charge is 0.264 e. The summed E-state index contributed by atoms with van der Waals surface area (Å²) >= 11 is 4.67. The van der Waals surface area contributed by atoms with Gasteiger partial charge in [0.15, 0.2) is 14.6 Å². The molecule has 0 saturated heterocycles. The van der Waals surface area contributed by atoms with Crippen LogP contribution in [-0.4, -0.2) is 43.0 Å². The summed E-state index contributed by atoms with van der Waals surface area (Å²) in [5.41, 5.74) is 1.39. The summed E-state index contributed by atoms with van der Waals surface area (Å²) in [6.45, 7) is 1.18. The molecule has 30 heavy (non-hydrogen) atoms. The first-order valence-corrected chi connectivity index (χ1v) is 13.2. The second-order valence-electron chi connectivity index (χ2n) is 6.75. The highest BCUT2D eigenvalue weighted by Crippen LogP contribution is 2.39. The van der Waals surface area contributed by atoms with Crippen molar-refractivity contribution < 1.29 is 23.2 Å². The van der Waals surface area contributed by atoms with Crippen molar-refractivity contribution in [3.05, 3.63) is 46.7 Å². The van der Waals surface area contributed by atoms with Crippen molar-refractivity contribution >= 4 is 55.7 Å². The normalized spacial score (nSPS) is 13.6. The Labute approximate surface area is 186 Å². The SMILES string of the molecule is CC(CCNC(=O)c1ccc(-c2ccc(-c3cccs3)s2)s1)(C(=O)NO)S(C)(=O)=O. The van der Waals surface area contributed by atoms with Crippen LogP contribution < -0.4 is 10.8 Å². The molecule has 0 aliphatic carbocycles. The van der Waals surface area contributed by atoms with Gasteiger partial charge in [-0.05, 0) is 49.1 Å². The Hall–Kier alpha value is -2.05. The lowest BCUT2D eigenvalue weighted by Gasteiger charge is -2.24. The zero-order chi connectivity index (χ0) is 21.9. The molecule has 1 atom stereocenters. The van der Waals surface area contributed by atoms with Gasteiger partial charge in [0.1, 0.15) is 0 Å². The van der Waals surface area contributed by atoms with E-state index in [2.05, 4.69) is 17.4 Å². The van der Waals surface area contributed by atoms with Crippen LogP contribution in [0.15, 0.2) is 41.8 Å². The molecule has 160 valence electrons. The lowest BCUT2D eigenvalue weighted by Crippen LogP contribution is -2.50. The minimum Gasteiger partial charge on any atom is -0.351 e. The van der Waals surface area contributed by atoms with E-state index in [-0.39, 0.29) is 18.9 Å².